The van der Waals surface area contributed by atoms with E-state index in [0.717, 1.165) is 22.4 Å². The van der Waals surface area contributed by atoms with Crippen molar-refractivity contribution in [2.45, 2.75) is 26.2 Å². The molecule has 1 aromatic heterocycles. The van der Waals surface area contributed by atoms with Crippen molar-refractivity contribution in [2.75, 3.05) is 7.11 Å². The molecule has 0 unspecified atom stereocenters. The molecule has 1 heterocycles. The van der Waals surface area contributed by atoms with Crippen LogP contribution in [0.15, 0.2) is 83.5 Å². The van der Waals surface area contributed by atoms with Gasteiger partial charge in [-0.1, -0.05) is 42.5 Å². The largest absolute Gasteiger partial charge is 0.496 e. The molecule has 0 bridgehead atoms. The highest BCUT2D eigenvalue weighted by Crippen LogP contribution is 2.22. The molecular formula is C27H25F2N3O3. The van der Waals surface area contributed by atoms with Gasteiger partial charge in [-0.2, -0.15) is 0 Å². The number of benzene rings is 3. The van der Waals surface area contributed by atoms with Gasteiger partial charge in [0.2, 0.25) is 5.89 Å². The molecule has 0 saturated heterocycles. The Bertz CT molecular complexity index is 1260. The van der Waals surface area contributed by atoms with Gasteiger partial charge in [-0.25, -0.2) is 13.8 Å². The molecule has 3 aromatic carbocycles. The lowest BCUT2D eigenvalue weighted by atomic mass is 10.1. The van der Waals surface area contributed by atoms with Gasteiger partial charge in [-0.15, -0.1) is 0 Å². The summed E-state index contributed by atoms with van der Waals surface area (Å²) in [6, 6.07) is 19.9. The first-order chi connectivity index (χ1) is 17.0. The summed E-state index contributed by atoms with van der Waals surface area (Å²) in [5, 5.41) is 2.75. The van der Waals surface area contributed by atoms with E-state index in [1.165, 1.54) is 30.5 Å². The third kappa shape index (κ3) is 6.74. The summed E-state index contributed by atoms with van der Waals surface area (Å²) in [4.78, 5) is 18.9. The van der Waals surface area contributed by atoms with Crippen molar-refractivity contribution in [3.8, 4) is 5.75 Å². The second-order valence-corrected chi connectivity index (χ2v) is 8.02. The van der Waals surface area contributed by atoms with E-state index in [4.69, 9.17) is 9.15 Å². The molecule has 0 fully saturated rings. The molecule has 1 amide bonds. The van der Waals surface area contributed by atoms with Crippen molar-refractivity contribution in [1.29, 1.82) is 0 Å². The smallest absolute Gasteiger partial charge is 0.273 e. The van der Waals surface area contributed by atoms with Gasteiger partial charge >= 0.3 is 0 Å². The molecule has 0 aliphatic rings. The first kappa shape index (κ1) is 24.1. The minimum absolute atomic E-state index is 0.154. The highest BCUT2D eigenvalue weighted by atomic mass is 19.1. The number of nitrogens with one attached hydrogen (secondary N) is 1. The standard InChI is InChI=1S/C27H25F2N3O3/c1-34-25-5-3-2-4-21(25)16-32(15-20-8-12-23(29)13-9-20)17-26-31-24(18-35-26)27(33)30-14-19-6-10-22(28)11-7-19/h2-13,18H,14-17H2,1H3,(H,30,33). The number of para-hydroxylation sites is 1. The zero-order valence-corrected chi connectivity index (χ0v) is 19.2. The molecule has 0 spiro atoms. The molecule has 8 heteroatoms. The normalized spacial score (nSPS) is 11.0. The molecule has 35 heavy (non-hydrogen) atoms. The summed E-state index contributed by atoms with van der Waals surface area (Å²) in [5.41, 5.74) is 2.82. The Labute approximate surface area is 202 Å². The summed E-state index contributed by atoms with van der Waals surface area (Å²) in [6.07, 6.45) is 1.31. The molecule has 180 valence electrons. The molecule has 0 radical (unpaired) electrons. The molecule has 0 saturated carbocycles. The van der Waals surface area contributed by atoms with E-state index >= 15 is 0 Å². The molecule has 1 N–H and O–H groups in total. The quantitative estimate of drug-likeness (QED) is 0.345. The monoisotopic (exact) mass is 477 g/mol. The first-order valence-corrected chi connectivity index (χ1v) is 11.1. The average molecular weight is 478 g/mol. The molecule has 0 atom stereocenters. The van der Waals surface area contributed by atoms with Crippen LogP contribution in [0.4, 0.5) is 8.78 Å². The van der Waals surface area contributed by atoms with Crippen LogP contribution in [0, 0.1) is 11.6 Å². The number of rotatable bonds is 10. The van der Waals surface area contributed by atoms with Gasteiger partial charge in [0.1, 0.15) is 23.6 Å². The van der Waals surface area contributed by atoms with Gasteiger partial charge in [0.15, 0.2) is 5.69 Å². The minimum atomic E-state index is -0.390. The topological polar surface area (TPSA) is 67.6 Å². The number of amides is 1. The van der Waals surface area contributed by atoms with Crippen LogP contribution in [0.1, 0.15) is 33.1 Å². The highest BCUT2D eigenvalue weighted by Gasteiger charge is 2.17. The first-order valence-electron chi connectivity index (χ1n) is 11.1. The van der Waals surface area contributed by atoms with Gasteiger partial charge in [-0.05, 0) is 41.5 Å². The molecule has 4 rings (SSSR count). The van der Waals surface area contributed by atoms with Gasteiger partial charge in [-0.3, -0.25) is 9.69 Å². The van der Waals surface area contributed by atoms with Crippen LogP contribution in [0.5, 0.6) is 5.75 Å². The van der Waals surface area contributed by atoms with Gasteiger partial charge in [0.05, 0.1) is 13.7 Å². The summed E-state index contributed by atoms with van der Waals surface area (Å²) < 4.78 is 37.5. The zero-order chi connectivity index (χ0) is 24.6. The maximum Gasteiger partial charge on any atom is 0.273 e. The average Bonchev–Trinajstić information content (AvgIpc) is 3.34. The number of ether oxygens (including phenoxy) is 1. The Hall–Kier alpha value is -4.04. The van der Waals surface area contributed by atoms with E-state index in [2.05, 4.69) is 15.2 Å². The van der Waals surface area contributed by atoms with E-state index in [9.17, 15) is 13.6 Å². The molecule has 6 nitrogen and oxygen atoms in total. The number of carbonyl (C=O) groups excluding carboxylic acids is 1. The number of hydrogen-bond donors (Lipinski definition) is 1. The van der Waals surface area contributed by atoms with Crippen LogP contribution in [0.25, 0.3) is 0 Å². The lowest BCUT2D eigenvalue weighted by Crippen LogP contribution is -2.24. The van der Waals surface area contributed by atoms with Crippen LogP contribution in [0.3, 0.4) is 0 Å². The van der Waals surface area contributed by atoms with Crippen LogP contribution >= 0.6 is 0 Å². The maximum atomic E-state index is 13.4. The van der Waals surface area contributed by atoms with Crippen molar-refractivity contribution >= 4 is 5.91 Å². The Morgan fingerprint density at radius 3 is 2.26 bits per heavy atom. The van der Waals surface area contributed by atoms with Gasteiger partial charge in [0.25, 0.3) is 5.91 Å². The van der Waals surface area contributed by atoms with Crippen LogP contribution in [0.2, 0.25) is 0 Å². The predicted molar refractivity (Wildman–Crippen MR) is 126 cm³/mol. The molecular weight excluding hydrogens is 452 g/mol. The van der Waals surface area contributed by atoms with E-state index in [1.807, 2.05) is 24.3 Å². The second-order valence-electron chi connectivity index (χ2n) is 8.02. The Kier molecular flexibility index (Phi) is 7.84. The highest BCUT2D eigenvalue weighted by molar-refractivity contribution is 5.91. The van der Waals surface area contributed by atoms with Crippen LogP contribution in [-0.4, -0.2) is 22.9 Å². The minimum Gasteiger partial charge on any atom is -0.496 e. The number of methoxy groups -OCH3 is 1. The Morgan fingerprint density at radius 1 is 0.914 bits per heavy atom. The van der Waals surface area contributed by atoms with Crippen molar-refractivity contribution in [3.05, 3.63) is 119 Å². The van der Waals surface area contributed by atoms with Crippen molar-refractivity contribution in [3.63, 3.8) is 0 Å². The fourth-order valence-electron chi connectivity index (χ4n) is 3.64. The van der Waals surface area contributed by atoms with Gasteiger partial charge < -0.3 is 14.5 Å². The predicted octanol–water partition coefficient (Wildman–Crippen LogP) is 5.09. The summed E-state index contributed by atoms with van der Waals surface area (Å²) in [5.74, 6) is 0.103. The van der Waals surface area contributed by atoms with E-state index in [0.29, 0.717) is 25.5 Å². The van der Waals surface area contributed by atoms with E-state index < -0.39 is 0 Å². The lowest BCUT2D eigenvalue weighted by molar-refractivity contribution is 0.0945. The van der Waals surface area contributed by atoms with Crippen molar-refractivity contribution in [2.24, 2.45) is 0 Å². The Morgan fingerprint density at radius 2 is 1.57 bits per heavy atom. The van der Waals surface area contributed by atoms with E-state index in [-0.39, 0.29) is 29.8 Å². The summed E-state index contributed by atoms with van der Waals surface area (Å²) in [7, 11) is 1.62. The fraction of sp³-hybridized carbons (Fsp3) is 0.185. The zero-order valence-electron chi connectivity index (χ0n) is 19.2. The SMILES string of the molecule is COc1ccccc1CN(Cc1ccc(F)cc1)Cc1nc(C(=O)NCc2ccc(F)cc2)co1. The number of hydrogen-bond acceptors (Lipinski definition) is 5. The lowest BCUT2D eigenvalue weighted by Gasteiger charge is -2.22. The Balaban J connectivity index is 1.45. The fourth-order valence-corrected chi connectivity index (χ4v) is 3.64. The number of aromatic nitrogens is 1. The second kappa shape index (κ2) is 11.4. The third-order valence-corrected chi connectivity index (χ3v) is 5.42. The number of oxazole rings is 1. The van der Waals surface area contributed by atoms with Crippen LogP contribution in [-0.2, 0) is 26.2 Å². The summed E-state index contributed by atoms with van der Waals surface area (Å²) >= 11 is 0. The molecule has 4 aromatic rings. The third-order valence-electron chi connectivity index (χ3n) is 5.42. The van der Waals surface area contributed by atoms with Crippen molar-refractivity contribution < 1.29 is 22.7 Å². The van der Waals surface area contributed by atoms with Crippen molar-refractivity contribution in [1.82, 2.24) is 15.2 Å². The van der Waals surface area contributed by atoms with E-state index in [1.54, 1.807) is 31.4 Å². The molecule has 0 aliphatic heterocycles. The number of carbonyl (C=O) groups is 1. The number of nitrogens with zero attached hydrogens (tertiary/aromatic N) is 2. The van der Waals surface area contributed by atoms with Crippen LogP contribution < -0.4 is 10.1 Å². The summed E-state index contributed by atoms with van der Waals surface area (Å²) in [6.45, 7) is 1.59. The van der Waals surface area contributed by atoms with Gasteiger partial charge in [0, 0.05) is 25.2 Å². The maximum absolute atomic E-state index is 13.4. The molecule has 0 aliphatic carbocycles. The number of halogens is 2.